The summed E-state index contributed by atoms with van der Waals surface area (Å²) in [4.78, 5) is 4.84. The van der Waals surface area contributed by atoms with Crippen molar-refractivity contribution in [3.05, 3.63) is 65.5 Å². The van der Waals surface area contributed by atoms with Crippen LogP contribution in [0.25, 0.3) is 11.4 Å². The first kappa shape index (κ1) is 19.8. The van der Waals surface area contributed by atoms with Crippen LogP contribution in [0.2, 0.25) is 0 Å². The number of benzene rings is 2. The van der Waals surface area contributed by atoms with Gasteiger partial charge in [0.1, 0.15) is 6.04 Å². The molecule has 1 atom stereocenters. The molecule has 152 valence electrons. The van der Waals surface area contributed by atoms with E-state index in [-0.39, 0.29) is 0 Å². The number of sulfonamides is 1. The third-order valence-electron chi connectivity index (χ3n) is 5.39. The second kappa shape index (κ2) is 8.08. The van der Waals surface area contributed by atoms with Gasteiger partial charge in [0.2, 0.25) is 21.7 Å². The van der Waals surface area contributed by atoms with Crippen molar-refractivity contribution >= 4 is 10.0 Å². The standard InChI is InChI=1S/C22H25N3O3S/c1-3-7-17-11-13-18(14-12-17)29(26,27)25-15-6-10-20(25)22-23-21(24-28-22)19-9-5-4-8-16(19)2/h4-5,8-9,11-14,20H,3,6-7,10,15H2,1-2H3/t20-/m0/s1. The predicted octanol–water partition coefficient (Wildman–Crippen LogP) is 4.52. The van der Waals surface area contributed by atoms with Crippen molar-refractivity contribution in [1.29, 1.82) is 0 Å². The molecule has 0 bridgehead atoms. The average molecular weight is 412 g/mol. The summed E-state index contributed by atoms with van der Waals surface area (Å²) < 4.78 is 33.5. The Morgan fingerprint density at radius 3 is 2.62 bits per heavy atom. The Morgan fingerprint density at radius 1 is 1.14 bits per heavy atom. The average Bonchev–Trinajstić information content (AvgIpc) is 3.39. The van der Waals surface area contributed by atoms with Gasteiger partial charge in [-0.15, -0.1) is 0 Å². The Kier molecular flexibility index (Phi) is 5.52. The summed E-state index contributed by atoms with van der Waals surface area (Å²) in [7, 11) is -3.63. The van der Waals surface area contributed by atoms with E-state index < -0.39 is 16.1 Å². The third kappa shape index (κ3) is 3.84. The number of hydrogen-bond donors (Lipinski definition) is 0. The molecule has 29 heavy (non-hydrogen) atoms. The minimum atomic E-state index is -3.63. The van der Waals surface area contributed by atoms with Crippen molar-refractivity contribution in [1.82, 2.24) is 14.4 Å². The molecule has 0 unspecified atom stereocenters. The topological polar surface area (TPSA) is 76.3 Å². The minimum absolute atomic E-state index is 0.308. The highest BCUT2D eigenvalue weighted by Crippen LogP contribution is 2.36. The lowest BCUT2D eigenvalue weighted by Crippen LogP contribution is -2.30. The van der Waals surface area contributed by atoms with Gasteiger partial charge in [0.15, 0.2) is 0 Å². The predicted molar refractivity (Wildman–Crippen MR) is 111 cm³/mol. The molecule has 1 aliphatic rings. The van der Waals surface area contributed by atoms with Gasteiger partial charge >= 0.3 is 0 Å². The lowest BCUT2D eigenvalue weighted by molar-refractivity contribution is 0.290. The fourth-order valence-electron chi connectivity index (χ4n) is 3.83. The Morgan fingerprint density at radius 2 is 1.90 bits per heavy atom. The maximum Gasteiger partial charge on any atom is 0.245 e. The van der Waals surface area contributed by atoms with Crippen molar-refractivity contribution < 1.29 is 12.9 Å². The summed E-state index contributed by atoms with van der Waals surface area (Å²) in [5.41, 5.74) is 3.08. The van der Waals surface area contributed by atoms with E-state index in [1.807, 2.05) is 43.3 Å². The molecule has 0 N–H and O–H groups in total. The first-order chi connectivity index (χ1) is 14.0. The molecule has 6 nitrogen and oxygen atoms in total. The van der Waals surface area contributed by atoms with Gasteiger partial charge in [-0.2, -0.15) is 9.29 Å². The first-order valence-electron chi connectivity index (χ1n) is 10.0. The van der Waals surface area contributed by atoms with E-state index in [4.69, 9.17) is 4.52 Å². The van der Waals surface area contributed by atoms with Gasteiger partial charge in [0.05, 0.1) is 4.90 Å². The van der Waals surface area contributed by atoms with Crippen LogP contribution >= 0.6 is 0 Å². The summed E-state index contributed by atoms with van der Waals surface area (Å²) in [5, 5.41) is 4.11. The van der Waals surface area contributed by atoms with E-state index in [0.29, 0.717) is 29.6 Å². The molecule has 1 saturated heterocycles. The fraction of sp³-hybridized carbons (Fsp3) is 0.364. The Bertz CT molecular complexity index is 1090. The van der Waals surface area contributed by atoms with Gasteiger partial charge in [-0.25, -0.2) is 8.42 Å². The van der Waals surface area contributed by atoms with Crippen LogP contribution < -0.4 is 0 Å². The summed E-state index contributed by atoms with van der Waals surface area (Å²) in [6, 6.07) is 14.6. The summed E-state index contributed by atoms with van der Waals surface area (Å²) in [5.74, 6) is 0.846. The summed E-state index contributed by atoms with van der Waals surface area (Å²) in [6.45, 7) is 4.54. The van der Waals surface area contributed by atoms with Crippen LogP contribution in [0.15, 0.2) is 57.9 Å². The van der Waals surface area contributed by atoms with Crippen LogP contribution in [0.4, 0.5) is 0 Å². The molecule has 1 aromatic heterocycles. The highest BCUT2D eigenvalue weighted by atomic mass is 32.2. The van der Waals surface area contributed by atoms with Gasteiger partial charge in [-0.05, 0) is 49.4 Å². The quantitative estimate of drug-likeness (QED) is 0.596. The van der Waals surface area contributed by atoms with E-state index in [0.717, 1.165) is 36.0 Å². The number of rotatable bonds is 6. The van der Waals surface area contributed by atoms with Crippen LogP contribution in [0, 0.1) is 6.92 Å². The zero-order chi connectivity index (χ0) is 20.4. The normalized spacial score (nSPS) is 17.7. The molecule has 2 heterocycles. The largest absolute Gasteiger partial charge is 0.337 e. The Labute approximate surface area is 171 Å². The van der Waals surface area contributed by atoms with Gasteiger partial charge in [0, 0.05) is 12.1 Å². The number of aromatic nitrogens is 2. The van der Waals surface area contributed by atoms with Crippen molar-refractivity contribution in [3.63, 3.8) is 0 Å². The van der Waals surface area contributed by atoms with Gasteiger partial charge in [-0.3, -0.25) is 0 Å². The Hall–Kier alpha value is -2.51. The van der Waals surface area contributed by atoms with E-state index in [1.165, 1.54) is 4.31 Å². The molecular formula is C22H25N3O3S. The van der Waals surface area contributed by atoms with Crippen LogP contribution in [0.3, 0.4) is 0 Å². The number of hydrogen-bond acceptors (Lipinski definition) is 5. The zero-order valence-electron chi connectivity index (χ0n) is 16.7. The van der Waals surface area contributed by atoms with Crippen molar-refractivity contribution in [3.8, 4) is 11.4 Å². The van der Waals surface area contributed by atoms with Gasteiger partial charge < -0.3 is 4.52 Å². The van der Waals surface area contributed by atoms with Gasteiger partial charge in [-0.1, -0.05) is 54.9 Å². The number of nitrogens with zero attached hydrogens (tertiary/aromatic N) is 3. The van der Waals surface area contributed by atoms with E-state index >= 15 is 0 Å². The minimum Gasteiger partial charge on any atom is -0.337 e. The molecular weight excluding hydrogens is 386 g/mol. The highest BCUT2D eigenvalue weighted by Gasteiger charge is 2.39. The maximum absolute atomic E-state index is 13.3. The van der Waals surface area contributed by atoms with Gasteiger partial charge in [0.25, 0.3) is 0 Å². The maximum atomic E-state index is 13.3. The van der Waals surface area contributed by atoms with Crippen LogP contribution in [0.5, 0.6) is 0 Å². The molecule has 0 amide bonds. The summed E-state index contributed by atoms with van der Waals surface area (Å²) >= 11 is 0. The van der Waals surface area contributed by atoms with Crippen LogP contribution in [0.1, 0.15) is 49.2 Å². The molecule has 1 fully saturated rings. The molecule has 4 rings (SSSR count). The second-order valence-corrected chi connectivity index (χ2v) is 9.33. The molecule has 1 aliphatic heterocycles. The zero-order valence-corrected chi connectivity index (χ0v) is 17.5. The van der Waals surface area contributed by atoms with Crippen LogP contribution in [-0.2, 0) is 16.4 Å². The van der Waals surface area contributed by atoms with E-state index in [2.05, 4.69) is 17.1 Å². The van der Waals surface area contributed by atoms with E-state index in [9.17, 15) is 8.42 Å². The SMILES string of the molecule is CCCc1ccc(S(=O)(=O)N2CCC[C@H]2c2nc(-c3ccccc3C)no2)cc1. The Balaban J connectivity index is 1.61. The third-order valence-corrected chi connectivity index (χ3v) is 7.31. The smallest absolute Gasteiger partial charge is 0.245 e. The molecule has 0 spiro atoms. The second-order valence-electron chi connectivity index (χ2n) is 7.44. The van der Waals surface area contributed by atoms with Crippen molar-refractivity contribution in [2.24, 2.45) is 0 Å². The lowest BCUT2D eigenvalue weighted by atomic mass is 10.1. The number of aryl methyl sites for hydroxylation is 2. The molecule has 7 heteroatoms. The molecule has 0 saturated carbocycles. The molecule has 0 radical (unpaired) electrons. The summed E-state index contributed by atoms with van der Waals surface area (Å²) in [6.07, 6.45) is 3.40. The molecule has 2 aromatic carbocycles. The van der Waals surface area contributed by atoms with E-state index in [1.54, 1.807) is 12.1 Å². The van der Waals surface area contributed by atoms with Crippen molar-refractivity contribution in [2.75, 3.05) is 6.54 Å². The molecule has 0 aliphatic carbocycles. The monoisotopic (exact) mass is 411 g/mol. The van der Waals surface area contributed by atoms with Crippen LogP contribution in [-0.4, -0.2) is 29.4 Å². The van der Waals surface area contributed by atoms with Crippen molar-refractivity contribution in [2.45, 2.75) is 50.5 Å². The highest BCUT2D eigenvalue weighted by molar-refractivity contribution is 7.89. The molecule has 3 aromatic rings. The lowest BCUT2D eigenvalue weighted by Gasteiger charge is -2.21. The first-order valence-corrected chi connectivity index (χ1v) is 11.4. The fourth-order valence-corrected chi connectivity index (χ4v) is 5.48.